The molecule has 0 amide bonds. The minimum absolute atomic E-state index is 1.15. The number of rotatable bonds is 7. The topological polar surface area (TPSA) is 3.24 Å². The third-order valence-electron chi connectivity index (χ3n) is 5.54. The van der Waals surface area contributed by atoms with Crippen molar-refractivity contribution in [3.8, 4) is 11.1 Å². The number of hydrogen-bond acceptors (Lipinski definition) is 1. The summed E-state index contributed by atoms with van der Waals surface area (Å²) in [7, 11) is 0. The van der Waals surface area contributed by atoms with Gasteiger partial charge in [0.25, 0.3) is 0 Å². The zero-order valence-corrected chi connectivity index (χ0v) is 17.9. The molecule has 4 aromatic carbocycles. The maximum absolute atomic E-state index is 2.33. The molecule has 0 radical (unpaired) electrons. The van der Waals surface area contributed by atoms with Gasteiger partial charge in [0.05, 0.1) is 0 Å². The van der Waals surface area contributed by atoms with E-state index in [0.29, 0.717) is 0 Å². The van der Waals surface area contributed by atoms with Crippen molar-refractivity contribution in [2.75, 3.05) is 4.90 Å². The summed E-state index contributed by atoms with van der Waals surface area (Å²) in [4.78, 5) is 2.33. The third-order valence-corrected chi connectivity index (χ3v) is 5.54. The molecule has 0 bridgehead atoms. The smallest absolute Gasteiger partial charge is 0.0462 e. The van der Waals surface area contributed by atoms with Crippen LogP contribution >= 0.6 is 0 Å². The fourth-order valence-electron chi connectivity index (χ4n) is 3.77. The lowest BCUT2D eigenvalue weighted by atomic mass is 10.0. The predicted molar refractivity (Wildman–Crippen MR) is 130 cm³/mol. The molecule has 0 aliphatic rings. The molecule has 0 atom stereocenters. The van der Waals surface area contributed by atoms with Crippen LogP contribution in [-0.2, 0) is 6.42 Å². The molecule has 0 unspecified atom stereocenters. The Kier molecular flexibility index (Phi) is 6.29. The van der Waals surface area contributed by atoms with E-state index in [1.165, 1.54) is 52.2 Å². The Morgan fingerprint density at radius 2 is 1.07 bits per heavy atom. The lowest BCUT2D eigenvalue weighted by molar-refractivity contribution is 0.795. The molecule has 1 heteroatoms. The molecule has 0 spiro atoms. The SMILES string of the molecule is CCCCc1ccc(N(c2ccc(C)cc2)c2ccc(-c3ccccc3)cc2)cc1. The number of hydrogen-bond donors (Lipinski definition) is 0. The molecule has 0 saturated carbocycles. The van der Waals surface area contributed by atoms with Crippen LogP contribution in [0.2, 0.25) is 0 Å². The molecule has 0 fully saturated rings. The van der Waals surface area contributed by atoms with E-state index < -0.39 is 0 Å². The molecule has 0 heterocycles. The van der Waals surface area contributed by atoms with Gasteiger partial charge in [-0.15, -0.1) is 0 Å². The summed E-state index contributed by atoms with van der Waals surface area (Å²) in [5.74, 6) is 0. The van der Waals surface area contributed by atoms with Crippen molar-refractivity contribution < 1.29 is 0 Å². The van der Waals surface area contributed by atoms with E-state index in [9.17, 15) is 0 Å². The van der Waals surface area contributed by atoms with E-state index in [2.05, 4.69) is 122 Å². The Bertz CT molecular complexity index is 1050. The van der Waals surface area contributed by atoms with Gasteiger partial charge in [0, 0.05) is 17.1 Å². The summed E-state index contributed by atoms with van der Waals surface area (Å²) in [6, 6.07) is 37.2. The van der Waals surface area contributed by atoms with Gasteiger partial charge in [0.15, 0.2) is 0 Å². The fraction of sp³-hybridized carbons (Fsp3) is 0.172. The Hall–Kier alpha value is -3.32. The molecule has 30 heavy (non-hydrogen) atoms. The highest BCUT2D eigenvalue weighted by Crippen LogP contribution is 2.35. The second kappa shape index (κ2) is 9.45. The molecule has 1 nitrogen and oxygen atoms in total. The van der Waals surface area contributed by atoms with Crippen LogP contribution in [0.4, 0.5) is 17.1 Å². The molecule has 150 valence electrons. The second-order valence-electron chi connectivity index (χ2n) is 7.85. The summed E-state index contributed by atoms with van der Waals surface area (Å²) in [6.45, 7) is 4.37. The second-order valence-corrected chi connectivity index (χ2v) is 7.85. The quantitative estimate of drug-likeness (QED) is 0.305. The first-order chi connectivity index (χ1) is 14.7. The fourth-order valence-corrected chi connectivity index (χ4v) is 3.77. The third kappa shape index (κ3) is 4.63. The van der Waals surface area contributed by atoms with Crippen LogP contribution in [0, 0.1) is 6.92 Å². The standard InChI is InChI=1S/C29H29N/c1-3-4-8-24-13-19-28(20-14-24)30(27-17-11-23(2)12-18-27)29-21-15-26(16-22-29)25-9-6-5-7-10-25/h5-7,9-22H,3-4,8H2,1-2H3. The van der Waals surface area contributed by atoms with Crippen molar-refractivity contribution in [1.29, 1.82) is 0 Å². The average molecular weight is 392 g/mol. The van der Waals surface area contributed by atoms with Gasteiger partial charge in [-0.25, -0.2) is 0 Å². The van der Waals surface area contributed by atoms with Crippen molar-refractivity contribution in [3.63, 3.8) is 0 Å². The number of benzene rings is 4. The summed E-state index contributed by atoms with van der Waals surface area (Å²) in [6.07, 6.45) is 3.61. The molecular formula is C29H29N. The number of nitrogens with zero attached hydrogens (tertiary/aromatic N) is 1. The molecule has 0 aliphatic carbocycles. The van der Waals surface area contributed by atoms with Crippen LogP contribution in [0.3, 0.4) is 0 Å². The van der Waals surface area contributed by atoms with E-state index in [-0.39, 0.29) is 0 Å². The van der Waals surface area contributed by atoms with Crippen molar-refractivity contribution >= 4 is 17.1 Å². The van der Waals surface area contributed by atoms with Crippen LogP contribution in [0.15, 0.2) is 103 Å². The highest BCUT2D eigenvalue weighted by atomic mass is 15.1. The first-order valence-electron chi connectivity index (χ1n) is 10.9. The maximum Gasteiger partial charge on any atom is 0.0462 e. The number of anilines is 3. The lowest BCUT2D eigenvalue weighted by Crippen LogP contribution is -2.10. The van der Waals surface area contributed by atoms with Gasteiger partial charge >= 0.3 is 0 Å². The molecule has 0 N–H and O–H groups in total. The highest BCUT2D eigenvalue weighted by Gasteiger charge is 2.12. The minimum Gasteiger partial charge on any atom is -0.311 e. The zero-order valence-electron chi connectivity index (χ0n) is 17.9. The summed E-state index contributed by atoms with van der Waals surface area (Å²) < 4.78 is 0. The van der Waals surface area contributed by atoms with Gasteiger partial charge in [0.1, 0.15) is 0 Å². The largest absolute Gasteiger partial charge is 0.311 e. The molecule has 0 saturated heterocycles. The van der Waals surface area contributed by atoms with Crippen LogP contribution in [0.1, 0.15) is 30.9 Å². The monoisotopic (exact) mass is 391 g/mol. The minimum atomic E-state index is 1.15. The molecule has 4 aromatic rings. The van der Waals surface area contributed by atoms with Crippen LogP contribution in [0.5, 0.6) is 0 Å². The van der Waals surface area contributed by atoms with Crippen LogP contribution < -0.4 is 4.90 Å². The van der Waals surface area contributed by atoms with Gasteiger partial charge < -0.3 is 4.90 Å². The zero-order chi connectivity index (χ0) is 20.8. The van der Waals surface area contributed by atoms with Gasteiger partial charge in [-0.05, 0) is 72.9 Å². The normalized spacial score (nSPS) is 10.7. The van der Waals surface area contributed by atoms with E-state index in [1.807, 2.05) is 0 Å². The molecule has 0 aromatic heterocycles. The van der Waals surface area contributed by atoms with E-state index >= 15 is 0 Å². The van der Waals surface area contributed by atoms with Crippen molar-refractivity contribution in [3.05, 3.63) is 114 Å². The van der Waals surface area contributed by atoms with E-state index in [0.717, 1.165) is 6.42 Å². The Labute approximate surface area is 180 Å². The Morgan fingerprint density at radius 3 is 1.63 bits per heavy atom. The predicted octanol–water partition coefficient (Wildman–Crippen LogP) is 8.47. The van der Waals surface area contributed by atoms with E-state index in [4.69, 9.17) is 0 Å². The summed E-state index contributed by atoms with van der Waals surface area (Å²) in [5, 5.41) is 0. The summed E-state index contributed by atoms with van der Waals surface area (Å²) in [5.41, 5.74) is 8.68. The van der Waals surface area contributed by atoms with Crippen molar-refractivity contribution in [1.82, 2.24) is 0 Å². The number of unbranched alkanes of at least 4 members (excludes halogenated alkanes) is 1. The number of aryl methyl sites for hydroxylation is 2. The van der Waals surface area contributed by atoms with Gasteiger partial charge in [0.2, 0.25) is 0 Å². The maximum atomic E-state index is 2.33. The first-order valence-corrected chi connectivity index (χ1v) is 10.9. The Morgan fingerprint density at radius 1 is 0.567 bits per heavy atom. The van der Waals surface area contributed by atoms with Gasteiger partial charge in [-0.2, -0.15) is 0 Å². The van der Waals surface area contributed by atoms with Gasteiger partial charge in [-0.1, -0.05) is 85.6 Å². The van der Waals surface area contributed by atoms with E-state index in [1.54, 1.807) is 0 Å². The molecule has 4 rings (SSSR count). The molecule has 0 aliphatic heterocycles. The van der Waals surface area contributed by atoms with Crippen molar-refractivity contribution in [2.24, 2.45) is 0 Å². The van der Waals surface area contributed by atoms with Gasteiger partial charge in [-0.3, -0.25) is 0 Å². The lowest BCUT2D eigenvalue weighted by Gasteiger charge is -2.26. The van der Waals surface area contributed by atoms with Crippen LogP contribution in [-0.4, -0.2) is 0 Å². The molecular weight excluding hydrogens is 362 g/mol. The highest BCUT2D eigenvalue weighted by molar-refractivity contribution is 5.78. The average Bonchev–Trinajstić information content (AvgIpc) is 2.81. The summed E-state index contributed by atoms with van der Waals surface area (Å²) >= 11 is 0. The van der Waals surface area contributed by atoms with Crippen LogP contribution in [0.25, 0.3) is 11.1 Å². The van der Waals surface area contributed by atoms with Crippen molar-refractivity contribution in [2.45, 2.75) is 33.1 Å². The first kappa shape index (κ1) is 20.0. The Balaban J connectivity index is 1.69.